The molecule has 28 heavy (non-hydrogen) atoms. The van der Waals surface area contributed by atoms with Crippen LogP contribution in [0.3, 0.4) is 0 Å². The molecule has 0 radical (unpaired) electrons. The highest BCUT2D eigenvalue weighted by atomic mass is 35.5. The van der Waals surface area contributed by atoms with Gasteiger partial charge < -0.3 is 15.4 Å². The molecule has 1 aromatic heterocycles. The fourth-order valence-corrected chi connectivity index (χ4v) is 3.25. The molecule has 0 saturated carbocycles. The van der Waals surface area contributed by atoms with Crippen LogP contribution in [0.4, 0.5) is 13.2 Å². The van der Waals surface area contributed by atoms with Crippen LogP contribution in [0.1, 0.15) is 17.0 Å². The highest BCUT2D eigenvalue weighted by Crippen LogP contribution is 2.28. The number of nitrogens with zero attached hydrogens (tertiary/aromatic N) is 2. The summed E-state index contributed by atoms with van der Waals surface area (Å²) in [6.45, 7) is 1.74. The number of carbonyl (C=O) groups excluding carboxylic acids is 1. The third-order valence-electron chi connectivity index (χ3n) is 4.57. The lowest BCUT2D eigenvalue weighted by atomic mass is 9.90. The number of benzene rings is 1. The fourth-order valence-electron chi connectivity index (χ4n) is 3.25. The number of alkyl halides is 3. The molecule has 1 aliphatic rings. The van der Waals surface area contributed by atoms with Gasteiger partial charge in [0.15, 0.2) is 0 Å². The molecule has 1 amide bonds. The number of hydrogen-bond acceptors (Lipinski definition) is 4. The van der Waals surface area contributed by atoms with Crippen LogP contribution in [0, 0.1) is 5.92 Å². The van der Waals surface area contributed by atoms with Crippen molar-refractivity contribution in [2.24, 2.45) is 13.0 Å². The number of halogens is 4. The summed E-state index contributed by atoms with van der Waals surface area (Å²) in [5, 5.41) is 10.3. The zero-order valence-electron chi connectivity index (χ0n) is 15.2. The Bertz CT molecular complexity index is 780. The highest BCUT2D eigenvalue weighted by Gasteiger charge is 2.34. The maximum Gasteiger partial charge on any atom is 0.573 e. The van der Waals surface area contributed by atoms with Crippen molar-refractivity contribution in [3.8, 4) is 5.75 Å². The molecule has 154 valence electrons. The minimum Gasteiger partial charge on any atom is -0.406 e. The molecule has 0 bridgehead atoms. The van der Waals surface area contributed by atoms with Crippen molar-refractivity contribution < 1.29 is 22.7 Å². The van der Waals surface area contributed by atoms with Crippen LogP contribution < -0.4 is 15.4 Å². The number of aromatic nitrogens is 2. The molecule has 0 aliphatic carbocycles. The van der Waals surface area contributed by atoms with Crippen molar-refractivity contribution in [1.29, 1.82) is 0 Å². The number of amides is 1. The monoisotopic (exact) mass is 418 g/mol. The minimum atomic E-state index is -4.70. The Balaban J connectivity index is 0.00000280. The number of nitrogens with one attached hydrogen (secondary N) is 2. The molecule has 1 aromatic carbocycles. The molecule has 3 rings (SSSR count). The average Bonchev–Trinajstić information content (AvgIpc) is 3.23. The lowest BCUT2D eigenvalue weighted by Gasteiger charge is -2.17. The van der Waals surface area contributed by atoms with Crippen LogP contribution in [0.25, 0.3) is 0 Å². The summed E-state index contributed by atoms with van der Waals surface area (Å²) in [5.74, 6) is -0.383. The van der Waals surface area contributed by atoms with Crippen LogP contribution >= 0.6 is 12.4 Å². The molecule has 10 heteroatoms. The topological polar surface area (TPSA) is 68.2 Å². The second kappa shape index (κ2) is 9.29. The third kappa shape index (κ3) is 5.87. The first-order valence-electron chi connectivity index (χ1n) is 8.63. The van der Waals surface area contributed by atoms with Gasteiger partial charge in [0.1, 0.15) is 5.75 Å². The van der Waals surface area contributed by atoms with Crippen LogP contribution in [0.15, 0.2) is 36.7 Å². The largest absolute Gasteiger partial charge is 0.573 e. The van der Waals surface area contributed by atoms with E-state index in [0.717, 1.165) is 17.7 Å². The van der Waals surface area contributed by atoms with Crippen LogP contribution in [0.5, 0.6) is 5.75 Å². The molecule has 2 atom stereocenters. The first-order chi connectivity index (χ1) is 12.8. The third-order valence-corrected chi connectivity index (χ3v) is 4.57. The van der Waals surface area contributed by atoms with Crippen molar-refractivity contribution in [3.63, 3.8) is 0 Å². The quantitative estimate of drug-likeness (QED) is 0.756. The Morgan fingerprint density at radius 2 is 2.04 bits per heavy atom. The first kappa shape index (κ1) is 22.0. The summed E-state index contributed by atoms with van der Waals surface area (Å²) in [5.41, 5.74) is 1.85. The molecule has 1 fully saturated rings. The molecule has 2 heterocycles. The van der Waals surface area contributed by atoms with Crippen molar-refractivity contribution in [1.82, 2.24) is 20.4 Å². The summed E-state index contributed by atoms with van der Waals surface area (Å²) in [4.78, 5) is 12.5. The van der Waals surface area contributed by atoms with Gasteiger partial charge in [-0.2, -0.15) is 5.10 Å². The second-order valence-corrected chi connectivity index (χ2v) is 6.55. The highest BCUT2D eigenvalue weighted by molar-refractivity contribution is 5.85. The number of ether oxygens (including phenoxy) is 1. The van der Waals surface area contributed by atoms with E-state index in [0.29, 0.717) is 19.5 Å². The summed E-state index contributed by atoms with van der Waals surface area (Å²) >= 11 is 0. The lowest BCUT2D eigenvalue weighted by Crippen LogP contribution is -2.35. The van der Waals surface area contributed by atoms with Crippen LogP contribution in [0.2, 0.25) is 0 Å². The molecule has 2 aromatic rings. The van der Waals surface area contributed by atoms with E-state index in [-0.39, 0.29) is 35.9 Å². The van der Waals surface area contributed by atoms with E-state index in [2.05, 4.69) is 20.5 Å². The van der Waals surface area contributed by atoms with Gasteiger partial charge in [-0.3, -0.25) is 9.48 Å². The van der Waals surface area contributed by atoms with Gasteiger partial charge in [-0.25, -0.2) is 0 Å². The smallest absolute Gasteiger partial charge is 0.406 e. The fraction of sp³-hybridized carbons (Fsp3) is 0.444. The average molecular weight is 419 g/mol. The Kier molecular flexibility index (Phi) is 7.31. The Labute approximate surface area is 166 Å². The van der Waals surface area contributed by atoms with E-state index in [1.54, 1.807) is 23.0 Å². The van der Waals surface area contributed by atoms with Crippen LogP contribution in [-0.2, 0) is 18.3 Å². The summed E-state index contributed by atoms with van der Waals surface area (Å²) in [6, 6.07) is 5.65. The molecular weight excluding hydrogens is 397 g/mol. The molecular formula is C18H22ClF3N4O2. The minimum absolute atomic E-state index is 0. The normalized spacial score (nSPS) is 19.1. The molecule has 1 saturated heterocycles. The van der Waals surface area contributed by atoms with Gasteiger partial charge in [0, 0.05) is 38.8 Å². The summed E-state index contributed by atoms with van der Waals surface area (Å²) < 4.78 is 42.0. The maximum atomic E-state index is 12.5. The number of hydrogen-bond donors (Lipinski definition) is 2. The van der Waals surface area contributed by atoms with Gasteiger partial charge in [-0.15, -0.1) is 25.6 Å². The van der Waals surface area contributed by atoms with E-state index < -0.39 is 6.36 Å². The van der Waals surface area contributed by atoms with Gasteiger partial charge >= 0.3 is 6.36 Å². The maximum absolute atomic E-state index is 12.5. The second-order valence-electron chi connectivity index (χ2n) is 6.55. The van der Waals surface area contributed by atoms with E-state index in [4.69, 9.17) is 0 Å². The SMILES string of the molecule is Cl.Cn1cc([C@H]2CNC[C@@H]2C(=O)NCCc2ccc(OC(F)(F)F)cc2)cn1. The van der Waals surface area contributed by atoms with E-state index in [1.165, 1.54) is 12.1 Å². The van der Waals surface area contributed by atoms with Gasteiger partial charge in [-0.1, -0.05) is 12.1 Å². The van der Waals surface area contributed by atoms with Crippen molar-refractivity contribution in [2.45, 2.75) is 18.7 Å². The van der Waals surface area contributed by atoms with E-state index in [9.17, 15) is 18.0 Å². The van der Waals surface area contributed by atoms with Crippen molar-refractivity contribution in [2.75, 3.05) is 19.6 Å². The number of aryl methyl sites for hydroxylation is 1. The molecule has 6 nitrogen and oxygen atoms in total. The summed E-state index contributed by atoms with van der Waals surface area (Å²) in [7, 11) is 1.84. The standard InChI is InChI=1S/C18H21F3N4O2.ClH/c1-25-11-13(8-24-25)15-9-22-10-16(15)17(26)23-7-6-12-2-4-14(5-3-12)27-18(19,20)21;/h2-5,8,11,15-16,22H,6-7,9-10H2,1H3,(H,23,26);1H/t15-,16+;/m1./s1. The molecule has 0 spiro atoms. The predicted molar refractivity (Wildman–Crippen MR) is 99.4 cm³/mol. The predicted octanol–water partition coefficient (Wildman–Crippen LogP) is 2.40. The number of carbonyl (C=O) groups is 1. The van der Waals surface area contributed by atoms with Gasteiger partial charge in [-0.05, 0) is 29.7 Å². The molecule has 2 N–H and O–H groups in total. The first-order valence-corrected chi connectivity index (χ1v) is 8.63. The van der Waals surface area contributed by atoms with Crippen LogP contribution in [-0.4, -0.2) is 41.7 Å². The van der Waals surface area contributed by atoms with Gasteiger partial charge in [0.2, 0.25) is 5.91 Å². The zero-order chi connectivity index (χ0) is 19.4. The van der Waals surface area contributed by atoms with E-state index >= 15 is 0 Å². The lowest BCUT2D eigenvalue weighted by molar-refractivity contribution is -0.274. The molecule has 1 aliphatic heterocycles. The molecule has 0 unspecified atom stereocenters. The van der Waals surface area contributed by atoms with Gasteiger partial charge in [0.05, 0.1) is 12.1 Å². The van der Waals surface area contributed by atoms with Gasteiger partial charge in [0.25, 0.3) is 0 Å². The zero-order valence-corrected chi connectivity index (χ0v) is 16.0. The Morgan fingerprint density at radius 1 is 1.32 bits per heavy atom. The van der Waals surface area contributed by atoms with E-state index in [1.807, 2.05) is 13.2 Å². The van der Waals surface area contributed by atoms with Crippen molar-refractivity contribution >= 4 is 18.3 Å². The van der Waals surface area contributed by atoms with Crippen molar-refractivity contribution in [3.05, 3.63) is 47.8 Å². The Hall–Kier alpha value is -2.26. The summed E-state index contributed by atoms with van der Waals surface area (Å²) in [6.07, 6.45) is -0.476. The Morgan fingerprint density at radius 3 is 2.64 bits per heavy atom. The number of rotatable bonds is 6.